The number of carbonyl (C=O) groups is 3. The molecule has 134 valence electrons. The van der Waals surface area contributed by atoms with Crippen molar-refractivity contribution in [3.8, 4) is 0 Å². The van der Waals surface area contributed by atoms with Crippen LogP contribution in [-0.4, -0.2) is 30.2 Å². The lowest BCUT2D eigenvalue weighted by atomic mass is 9.82. The number of carbonyl (C=O) groups excluding carboxylic acids is 3. The lowest BCUT2D eigenvalue weighted by Gasteiger charge is -2.28. The van der Waals surface area contributed by atoms with Crippen LogP contribution in [0.5, 0.6) is 0 Å². The predicted octanol–water partition coefficient (Wildman–Crippen LogP) is 1.53. The fourth-order valence-electron chi connectivity index (χ4n) is 3.73. The third-order valence-electron chi connectivity index (χ3n) is 5.17. The van der Waals surface area contributed by atoms with Crippen molar-refractivity contribution in [1.82, 2.24) is 10.6 Å². The van der Waals surface area contributed by atoms with E-state index in [9.17, 15) is 14.4 Å². The van der Waals surface area contributed by atoms with E-state index in [-0.39, 0.29) is 23.6 Å². The van der Waals surface area contributed by atoms with Gasteiger partial charge in [-0.15, -0.1) is 0 Å². The quantitative estimate of drug-likeness (QED) is 0.682. The molecule has 0 unspecified atom stereocenters. The number of rotatable bonds is 6. The maximum Gasteiger partial charge on any atom is 0.251 e. The third kappa shape index (κ3) is 4.25. The summed E-state index contributed by atoms with van der Waals surface area (Å²) in [5.74, 6) is 0.452. The first kappa shape index (κ1) is 17.6. The van der Waals surface area contributed by atoms with Crippen molar-refractivity contribution in [3.63, 3.8) is 0 Å². The maximum absolute atomic E-state index is 12.5. The highest BCUT2D eigenvalue weighted by atomic mass is 16.2. The van der Waals surface area contributed by atoms with E-state index in [2.05, 4.69) is 10.6 Å². The molecule has 25 heavy (non-hydrogen) atoms. The Balaban J connectivity index is 1.50. The molecule has 1 saturated carbocycles. The minimum atomic E-state index is -0.0657. The van der Waals surface area contributed by atoms with Crippen LogP contribution in [0.25, 0.3) is 0 Å². The first-order valence-electron chi connectivity index (χ1n) is 9.00. The van der Waals surface area contributed by atoms with E-state index in [4.69, 9.17) is 5.73 Å². The van der Waals surface area contributed by atoms with Gasteiger partial charge in [0.25, 0.3) is 5.91 Å². The summed E-state index contributed by atoms with van der Waals surface area (Å²) >= 11 is 0. The first-order chi connectivity index (χ1) is 12.1. The molecule has 1 aromatic carbocycles. The number of nitrogens with two attached hydrogens (primary N) is 1. The third-order valence-corrected chi connectivity index (χ3v) is 5.17. The van der Waals surface area contributed by atoms with Gasteiger partial charge in [-0.05, 0) is 49.3 Å². The Kier molecular flexibility index (Phi) is 5.48. The fourth-order valence-corrected chi connectivity index (χ4v) is 3.73. The number of hydrogen-bond donors (Lipinski definition) is 3. The molecule has 0 aromatic heterocycles. The molecule has 3 rings (SSSR count). The van der Waals surface area contributed by atoms with E-state index in [1.54, 1.807) is 12.1 Å². The summed E-state index contributed by atoms with van der Waals surface area (Å²) in [5.41, 5.74) is 7.65. The molecule has 0 spiro atoms. The Labute approximate surface area is 147 Å². The van der Waals surface area contributed by atoms with Crippen molar-refractivity contribution < 1.29 is 14.4 Å². The zero-order valence-corrected chi connectivity index (χ0v) is 14.3. The number of benzene rings is 1. The van der Waals surface area contributed by atoms with Crippen LogP contribution < -0.4 is 16.4 Å². The molecular weight excluding hydrogens is 318 g/mol. The molecule has 2 aliphatic rings. The summed E-state index contributed by atoms with van der Waals surface area (Å²) in [5, 5.41) is 5.78. The molecule has 1 fully saturated rings. The lowest BCUT2D eigenvalue weighted by Crippen LogP contribution is -2.38. The van der Waals surface area contributed by atoms with Crippen molar-refractivity contribution in [1.29, 1.82) is 0 Å². The van der Waals surface area contributed by atoms with Crippen LogP contribution in [0, 0.1) is 5.92 Å². The van der Waals surface area contributed by atoms with Crippen molar-refractivity contribution in [2.45, 2.75) is 51.1 Å². The smallest absolute Gasteiger partial charge is 0.251 e. The van der Waals surface area contributed by atoms with Gasteiger partial charge in [0.15, 0.2) is 5.78 Å². The minimum Gasteiger partial charge on any atom is -0.353 e. The molecule has 4 N–H and O–H groups in total. The Hall–Kier alpha value is -2.21. The van der Waals surface area contributed by atoms with Gasteiger partial charge < -0.3 is 16.4 Å². The molecule has 0 radical (unpaired) electrons. The van der Waals surface area contributed by atoms with Crippen LogP contribution >= 0.6 is 0 Å². The van der Waals surface area contributed by atoms with Crippen LogP contribution in [0.1, 0.15) is 64.8 Å². The molecule has 2 amide bonds. The summed E-state index contributed by atoms with van der Waals surface area (Å²) in [7, 11) is 0. The SMILES string of the molecule is NCCC(=O)NC1CCC(CC(=O)c2ccc3c(c2)CNC3=O)CC1. The molecule has 1 heterocycles. The topological polar surface area (TPSA) is 101 Å². The Morgan fingerprint density at radius 2 is 1.96 bits per heavy atom. The Morgan fingerprint density at radius 1 is 1.20 bits per heavy atom. The summed E-state index contributed by atoms with van der Waals surface area (Å²) in [6, 6.07) is 5.55. The average molecular weight is 343 g/mol. The second kappa shape index (κ2) is 7.78. The number of amides is 2. The molecule has 1 aliphatic carbocycles. The van der Waals surface area contributed by atoms with Crippen LogP contribution in [0.3, 0.4) is 0 Å². The maximum atomic E-state index is 12.5. The molecule has 0 atom stereocenters. The highest BCUT2D eigenvalue weighted by Crippen LogP contribution is 2.28. The predicted molar refractivity (Wildman–Crippen MR) is 94.1 cm³/mol. The van der Waals surface area contributed by atoms with Gasteiger partial charge >= 0.3 is 0 Å². The molecule has 1 aromatic rings. The zero-order chi connectivity index (χ0) is 17.8. The van der Waals surface area contributed by atoms with Crippen molar-refractivity contribution in [2.24, 2.45) is 11.7 Å². The lowest BCUT2D eigenvalue weighted by molar-refractivity contribution is -0.121. The van der Waals surface area contributed by atoms with Gasteiger partial charge in [0, 0.05) is 43.1 Å². The van der Waals surface area contributed by atoms with E-state index >= 15 is 0 Å². The molecule has 6 heteroatoms. The standard InChI is InChI=1S/C19H25N3O3/c20-8-7-18(24)22-15-4-1-12(2-5-15)9-17(23)13-3-6-16-14(10-13)11-21-19(16)25/h3,6,10,12,15H,1-2,4-5,7-9,11,20H2,(H,21,25)(H,22,24). The highest BCUT2D eigenvalue weighted by molar-refractivity contribution is 6.01. The van der Waals surface area contributed by atoms with Crippen molar-refractivity contribution >= 4 is 17.6 Å². The number of nitrogens with one attached hydrogen (secondary N) is 2. The summed E-state index contributed by atoms with van der Waals surface area (Å²) in [6.07, 6.45) is 4.63. The van der Waals surface area contributed by atoms with Crippen molar-refractivity contribution in [2.75, 3.05) is 6.54 Å². The average Bonchev–Trinajstić information content (AvgIpc) is 2.97. The molecule has 0 bridgehead atoms. The summed E-state index contributed by atoms with van der Waals surface area (Å²) in [4.78, 5) is 35.7. The van der Waals surface area contributed by atoms with E-state index in [1.165, 1.54) is 0 Å². The van der Waals surface area contributed by atoms with Crippen LogP contribution in [0.15, 0.2) is 18.2 Å². The number of hydrogen-bond acceptors (Lipinski definition) is 4. The van der Waals surface area contributed by atoms with Crippen LogP contribution in [0.4, 0.5) is 0 Å². The molecule has 6 nitrogen and oxygen atoms in total. The molecular formula is C19H25N3O3. The Morgan fingerprint density at radius 3 is 2.68 bits per heavy atom. The molecule has 1 aliphatic heterocycles. The van der Waals surface area contributed by atoms with E-state index in [0.29, 0.717) is 43.0 Å². The second-order valence-corrected chi connectivity index (χ2v) is 7.01. The van der Waals surface area contributed by atoms with Gasteiger partial charge in [0.2, 0.25) is 5.91 Å². The Bertz CT molecular complexity index is 678. The van der Waals surface area contributed by atoms with E-state index in [1.807, 2.05) is 6.07 Å². The van der Waals surface area contributed by atoms with Gasteiger partial charge in [-0.3, -0.25) is 14.4 Å². The molecule has 0 saturated heterocycles. The van der Waals surface area contributed by atoms with Gasteiger partial charge in [-0.25, -0.2) is 0 Å². The van der Waals surface area contributed by atoms with Crippen molar-refractivity contribution in [3.05, 3.63) is 34.9 Å². The number of ketones is 1. The van der Waals surface area contributed by atoms with Gasteiger partial charge in [-0.1, -0.05) is 6.07 Å². The summed E-state index contributed by atoms with van der Waals surface area (Å²) < 4.78 is 0. The van der Waals surface area contributed by atoms with Gasteiger partial charge in [-0.2, -0.15) is 0 Å². The minimum absolute atomic E-state index is 0.0170. The monoisotopic (exact) mass is 343 g/mol. The van der Waals surface area contributed by atoms with E-state index in [0.717, 1.165) is 31.2 Å². The largest absolute Gasteiger partial charge is 0.353 e. The summed E-state index contributed by atoms with van der Waals surface area (Å²) in [6.45, 7) is 0.875. The number of Topliss-reactive ketones (excluding diaryl/α,β-unsaturated/α-hetero) is 1. The second-order valence-electron chi connectivity index (χ2n) is 7.01. The van der Waals surface area contributed by atoms with Crippen LogP contribution in [-0.2, 0) is 11.3 Å². The highest BCUT2D eigenvalue weighted by Gasteiger charge is 2.25. The first-order valence-corrected chi connectivity index (χ1v) is 9.00. The number of fused-ring (bicyclic) bond motifs is 1. The van der Waals surface area contributed by atoms with Crippen LogP contribution in [0.2, 0.25) is 0 Å². The van der Waals surface area contributed by atoms with Gasteiger partial charge in [0.1, 0.15) is 0 Å². The fraction of sp³-hybridized carbons (Fsp3) is 0.526. The van der Waals surface area contributed by atoms with E-state index < -0.39 is 0 Å². The normalized spacial score (nSPS) is 22.2. The van der Waals surface area contributed by atoms with Gasteiger partial charge in [0.05, 0.1) is 0 Å². The zero-order valence-electron chi connectivity index (χ0n) is 14.3.